The van der Waals surface area contributed by atoms with Gasteiger partial charge in [-0.1, -0.05) is 19.1 Å². The average Bonchev–Trinajstić information content (AvgIpc) is 2.37. The maximum atomic E-state index is 5.72. The van der Waals surface area contributed by atoms with Gasteiger partial charge in [0.1, 0.15) is 5.75 Å². The highest BCUT2D eigenvalue weighted by molar-refractivity contribution is 7.99. The molecular weight excluding hydrogens is 254 g/mol. The van der Waals surface area contributed by atoms with Gasteiger partial charge in [-0.2, -0.15) is 11.8 Å². The molecule has 0 aromatic heterocycles. The van der Waals surface area contributed by atoms with Gasteiger partial charge in [-0.15, -0.1) is 0 Å². The number of nitrogens with one attached hydrogen (secondary N) is 1. The summed E-state index contributed by atoms with van der Waals surface area (Å²) < 4.78 is 5.72. The average molecular weight is 281 g/mol. The molecule has 108 valence electrons. The molecule has 0 aliphatic carbocycles. The second-order valence-corrected chi connectivity index (χ2v) is 7.04. The molecule has 0 heterocycles. The van der Waals surface area contributed by atoms with Crippen molar-refractivity contribution >= 4 is 11.8 Å². The lowest BCUT2D eigenvalue weighted by Gasteiger charge is -2.20. The van der Waals surface area contributed by atoms with Gasteiger partial charge in [-0.05, 0) is 56.4 Å². The first-order valence-electron chi connectivity index (χ1n) is 7.06. The lowest BCUT2D eigenvalue weighted by Crippen LogP contribution is -2.35. The van der Waals surface area contributed by atoms with Crippen molar-refractivity contribution in [1.29, 1.82) is 0 Å². The zero-order valence-electron chi connectivity index (χ0n) is 12.7. The smallest absolute Gasteiger partial charge is 0.119 e. The minimum Gasteiger partial charge on any atom is -0.494 e. The maximum absolute atomic E-state index is 5.72. The first-order chi connectivity index (χ1) is 9.01. The fourth-order valence-corrected chi connectivity index (χ4v) is 2.18. The summed E-state index contributed by atoms with van der Waals surface area (Å²) in [5, 5.41) is 3.48. The van der Waals surface area contributed by atoms with Gasteiger partial charge >= 0.3 is 0 Å². The normalized spacial score (nSPS) is 11.6. The van der Waals surface area contributed by atoms with Gasteiger partial charge in [-0.3, -0.25) is 0 Å². The van der Waals surface area contributed by atoms with Crippen LogP contribution in [-0.2, 0) is 6.54 Å². The standard InChI is InChI=1S/C16H27NOS/c1-5-19-12-6-11-18-15-9-7-14(8-10-15)13-17-16(2,3)4/h7-10,17H,5-6,11-13H2,1-4H3. The Morgan fingerprint density at radius 2 is 1.84 bits per heavy atom. The van der Waals surface area contributed by atoms with Crippen LogP contribution in [0.15, 0.2) is 24.3 Å². The molecule has 0 bridgehead atoms. The summed E-state index contributed by atoms with van der Waals surface area (Å²) in [7, 11) is 0. The van der Waals surface area contributed by atoms with Gasteiger partial charge in [0.25, 0.3) is 0 Å². The van der Waals surface area contributed by atoms with Crippen LogP contribution in [0.4, 0.5) is 0 Å². The van der Waals surface area contributed by atoms with E-state index in [9.17, 15) is 0 Å². The molecule has 0 aliphatic heterocycles. The van der Waals surface area contributed by atoms with Crippen molar-refractivity contribution in [1.82, 2.24) is 5.32 Å². The first-order valence-corrected chi connectivity index (χ1v) is 8.21. The quantitative estimate of drug-likeness (QED) is 0.725. The minimum absolute atomic E-state index is 0.159. The van der Waals surface area contributed by atoms with Crippen molar-refractivity contribution in [3.05, 3.63) is 29.8 Å². The molecule has 1 aromatic carbocycles. The van der Waals surface area contributed by atoms with Crippen LogP contribution in [-0.4, -0.2) is 23.7 Å². The van der Waals surface area contributed by atoms with E-state index in [1.807, 2.05) is 11.8 Å². The number of hydrogen-bond donors (Lipinski definition) is 1. The van der Waals surface area contributed by atoms with Crippen LogP contribution in [0.1, 0.15) is 39.7 Å². The summed E-state index contributed by atoms with van der Waals surface area (Å²) in [6, 6.07) is 8.39. The van der Waals surface area contributed by atoms with E-state index < -0.39 is 0 Å². The Balaban J connectivity index is 2.27. The molecule has 0 saturated heterocycles. The first kappa shape index (κ1) is 16.4. The molecule has 0 saturated carbocycles. The molecule has 0 atom stereocenters. The number of ether oxygens (including phenoxy) is 1. The van der Waals surface area contributed by atoms with E-state index in [4.69, 9.17) is 4.74 Å². The largest absolute Gasteiger partial charge is 0.494 e. The predicted octanol–water partition coefficient (Wildman–Crippen LogP) is 4.10. The van der Waals surface area contributed by atoms with Crippen LogP contribution in [0.25, 0.3) is 0 Å². The Morgan fingerprint density at radius 3 is 2.42 bits per heavy atom. The van der Waals surface area contributed by atoms with Gasteiger partial charge in [0.15, 0.2) is 0 Å². The third kappa shape index (κ3) is 8.17. The summed E-state index contributed by atoms with van der Waals surface area (Å²) in [6.45, 7) is 10.4. The van der Waals surface area contributed by atoms with Gasteiger partial charge < -0.3 is 10.1 Å². The molecule has 2 nitrogen and oxygen atoms in total. The Morgan fingerprint density at radius 1 is 1.16 bits per heavy atom. The van der Waals surface area contributed by atoms with Gasteiger partial charge in [0.2, 0.25) is 0 Å². The van der Waals surface area contributed by atoms with Crippen LogP contribution in [0, 0.1) is 0 Å². The molecule has 3 heteroatoms. The second kappa shape index (κ2) is 8.49. The van der Waals surface area contributed by atoms with E-state index in [0.29, 0.717) is 0 Å². The second-order valence-electron chi connectivity index (χ2n) is 5.65. The van der Waals surface area contributed by atoms with Gasteiger partial charge in [0, 0.05) is 12.1 Å². The molecule has 0 unspecified atom stereocenters. The monoisotopic (exact) mass is 281 g/mol. The van der Waals surface area contributed by atoms with Crippen molar-refractivity contribution in [2.75, 3.05) is 18.1 Å². The third-order valence-electron chi connectivity index (χ3n) is 2.65. The molecule has 1 N–H and O–H groups in total. The molecule has 0 spiro atoms. The van der Waals surface area contributed by atoms with Crippen molar-refractivity contribution in [3.63, 3.8) is 0 Å². The summed E-state index contributed by atoms with van der Waals surface area (Å²) in [5.41, 5.74) is 1.45. The van der Waals surface area contributed by atoms with Gasteiger partial charge in [-0.25, -0.2) is 0 Å². The van der Waals surface area contributed by atoms with Gasteiger partial charge in [0.05, 0.1) is 6.61 Å². The fraction of sp³-hybridized carbons (Fsp3) is 0.625. The molecule has 19 heavy (non-hydrogen) atoms. The Kier molecular flexibility index (Phi) is 7.32. The van der Waals surface area contributed by atoms with E-state index in [1.54, 1.807) is 0 Å². The SMILES string of the molecule is CCSCCCOc1ccc(CNC(C)(C)C)cc1. The lowest BCUT2D eigenvalue weighted by molar-refractivity contribution is 0.318. The third-order valence-corrected chi connectivity index (χ3v) is 3.64. The number of benzene rings is 1. The van der Waals surface area contributed by atoms with E-state index in [-0.39, 0.29) is 5.54 Å². The summed E-state index contributed by atoms with van der Waals surface area (Å²) in [6.07, 6.45) is 1.12. The molecular formula is C16H27NOS. The Hall–Kier alpha value is -0.670. The molecule has 0 fully saturated rings. The fourth-order valence-electron chi connectivity index (χ4n) is 1.57. The van der Waals surface area contributed by atoms with Crippen molar-refractivity contribution in [2.24, 2.45) is 0 Å². The maximum Gasteiger partial charge on any atom is 0.119 e. The molecule has 1 aromatic rings. The number of thioether (sulfide) groups is 1. The number of rotatable bonds is 8. The zero-order chi connectivity index (χ0) is 14.1. The van der Waals surface area contributed by atoms with E-state index in [0.717, 1.165) is 25.3 Å². The predicted molar refractivity (Wildman–Crippen MR) is 86.1 cm³/mol. The molecule has 0 radical (unpaired) electrons. The highest BCUT2D eigenvalue weighted by Crippen LogP contribution is 2.13. The van der Waals surface area contributed by atoms with Crippen LogP contribution < -0.4 is 10.1 Å². The van der Waals surface area contributed by atoms with Crippen LogP contribution in [0.2, 0.25) is 0 Å². The molecule has 0 aliphatic rings. The highest BCUT2D eigenvalue weighted by Gasteiger charge is 2.08. The number of hydrogen-bond acceptors (Lipinski definition) is 3. The lowest BCUT2D eigenvalue weighted by atomic mass is 10.1. The van der Waals surface area contributed by atoms with Crippen molar-refractivity contribution < 1.29 is 4.74 Å². The zero-order valence-corrected chi connectivity index (χ0v) is 13.5. The van der Waals surface area contributed by atoms with Crippen molar-refractivity contribution in [2.45, 2.75) is 46.2 Å². The van der Waals surface area contributed by atoms with Crippen molar-refractivity contribution in [3.8, 4) is 5.75 Å². The van der Waals surface area contributed by atoms with Crippen LogP contribution >= 0.6 is 11.8 Å². The van der Waals surface area contributed by atoms with E-state index >= 15 is 0 Å². The summed E-state index contributed by atoms with van der Waals surface area (Å²) >= 11 is 1.97. The van der Waals surface area contributed by atoms with E-state index in [2.05, 4.69) is 57.3 Å². The summed E-state index contributed by atoms with van der Waals surface area (Å²) in [4.78, 5) is 0. The summed E-state index contributed by atoms with van der Waals surface area (Å²) in [5.74, 6) is 3.35. The Bertz CT molecular complexity index is 343. The van der Waals surface area contributed by atoms with Crippen LogP contribution in [0.5, 0.6) is 5.75 Å². The highest BCUT2D eigenvalue weighted by atomic mass is 32.2. The minimum atomic E-state index is 0.159. The topological polar surface area (TPSA) is 21.3 Å². The van der Waals surface area contributed by atoms with E-state index in [1.165, 1.54) is 17.1 Å². The molecule has 1 rings (SSSR count). The van der Waals surface area contributed by atoms with Crippen LogP contribution in [0.3, 0.4) is 0 Å². The molecule has 0 amide bonds. The Labute approximate surface area is 122 Å².